The first-order valence-corrected chi connectivity index (χ1v) is 12.1. The highest BCUT2D eigenvalue weighted by Crippen LogP contribution is 2.15. The number of hydrogen-bond donors (Lipinski definition) is 2. The fourth-order valence-corrected chi connectivity index (χ4v) is 4.41. The Hall–Kier alpha value is -3.58. The second-order valence-electron chi connectivity index (χ2n) is 9.56. The maximum atomic E-state index is 13.1. The van der Waals surface area contributed by atoms with E-state index < -0.39 is 18.0 Å². The zero-order valence-electron chi connectivity index (χ0n) is 20.2. The molecule has 2 N–H and O–H groups in total. The molecular formula is C28H32N4O3. The lowest BCUT2D eigenvalue weighted by Crippen LogP contribution is -2.56. The van der Waals surface area contributed by atoms with Gasteiger partial charge in [-0.25, -0.2) is 4.98 Å². The molecule has 2 aromatic carbocycles. The van der Waals surface area contributed by atoms with Gasteiger partial charge in [-0.2, -0.15) is 0 Å². The molecule has 2 atom stereocenters. The van der Waals surface area contributed by atoms with E-state index >= 15 is 0 Å². The number of nitrogens with one attached hydrogen (secondary N) is 2. The molecule has 4 rings (SSSR count). The van der Waals surface area contributed by atoms with Crippen LogP contribution in [-0.4, -0.2) is 52.7 Å². The number of Topliss-reactive ketones (excluding diaryl/α,β-unsaturated/α-hetero) is 1. The molecule has 1 saturated heterocycles. The third-order valence-corrected chi connectivity index (χ3v) is 6.23. The van der Waals surface area contributed by atoms with Crippen LogP contribution in [0.1, 0.15) is 42.7 Å². The summed E-state index contributed by atoms with van der Waals surface area (Å²) in [6.07, 6.45) is 1.01. The van der Waals surface area contributed by atoms with Crippen molar-refractivity contribution < 1.29 is 14.4 Å². The van der Waals surface area contributed by atoms with Gasteiger partial charge in [0.25, 0.3) is 5.91 Å². The lowest BCUT2D eigenvalue weighted by atomic mass is 9.99. The van der Waals surface area contributed by atoms with E-state index in [0.29, 0.717) is 32.5 Å². The second-order valence-corrected chi connectivity index (χ2v) is 9.56. The van der Waals surface area contributed by atoms with E-state index in [1.54, 1.807) is 6.07 Å². The van der Waals surface area contributed by atoms with Crippen LogP contribution in [0.2, 0.25) is 0 Å². The van der Waals surface area contributed by atoms with Crippen LogP contribution < -0.4 is 10.6 Å². The molecule has 3 aromatic rings. The molecule has 1 aliphatic heterocycles. The van der Waals surface area contributed by atoms with Crippen molar-refractivity contribution in [1.29, 1.82) is 0 Å². The number of carbonyl (C=O) groups is 3. The monoisotopic (exact) mass is 472 g/mol. The molecule has 182 valence electrons. The van der Waals surface area contributed by atoms with Gasteiger partial charge in [0.2, 0.25) is 5.91 Å². The zero-order valence-corrected chi connectivity index (χ0v) is 20.2. The van der Waals surface area contributed by atoms with Crippen LogP contribution in [0.3, 0.4) is 0 Å². The summed E-state index contributed by atoms with van der Waals surface area (Å²) in [4.78, 5) is 45.4. The Morgan fingerprint density at radius 3 is 2.51 bits per heavy atom. The average Bonchev–Trinajstić information content (AvgIpc) is 2.85. The molecule has 1 fully saturated rings. The van der Waals surface area contributed by atoms with Crippen LogP contribution in [-0.2, 0) is 16.1 Å². The number of rotatable bonds is 8. The van der Waals surface area contributed by atoms with Gasteiger partial charge >= 0.3 is 0 Å². The summed E-state index contributed by atoms with van der Waals surface area (Å²) in [5.74, 6) is -0.561. The topological polar surface area (TPSA) is 91.4 Å². The molecule has 2 heterocycles. The number of fused-ring (bicyclic) bond motifs is 1. The fraction of sp³-hybridized carbons (Fsp3) is 0.357. The van der Waals surface area contributed by atoms with Crippen molar-refractivity contribution in [3.8, 4) is 0 Å². The minimum absolute atomic E-state index is 0.00801. The fourth-order valence-electron chi connectivity index (χ4n) is 4.41. The number of amides is 2. The van der Waals surface area contributed by atoms with Gasteiger partial charge in [-0.05, 0) is 36.5 Å². The molecule has 0 bridgehead atoms. The molecule has 1 unspecified atom stereocenters. The third kappa shape index (κ3) is 6.51. The van der Waals surface area contributed by atoms with E-state index in [9.17, 15) is 14.4 Å². The normalized spacial score (nSPS) is 17.3. The zero-order chi connectivity index (χ0) is 24.8. The number of carbonyl (C=O) groups excluding carboxylic acids is 3. The standard InChI is InChI=1S/C28H32N4O3/c1-19(2)16-25(31-27(34)24-13-12-21-10-6-7-11-22(21)29-24)28(35)30-23-14-15-32(18-26(23)33)17-20-8-4-3-5-9-20/h3-13,19,23,25H,14-18H2,1-2H3,(H,30,35)(H,31,34)/t23?,25-/m0/s1. The van der Waals surface area contributed by atoms with Gasteiger partial charge in [-0.3, -0.25) is 19.3 Å². The summed E-state index contributed by atoms with van der Waals surface area (Å²) in [6, 6.07) is 19.8. The second kappa shape index (κ2) is 11.2. The van der Waals surface area contributed by atoms with E-state index in [2.05, 4.69) is 20.5 Å². The Labute approximate surface area is 205 Å². The van der Waals surface area contributed by atoms with Crippen molar-refractivity contribution in [3.63, 3.8) is 0 Å². The minimum Gasteiger partial charge on any atom is -0.344 e. The van der Waals surface area contributed by atoms with E-state index in [4.69, 9.17) is 0 Å². The third-order valence-electron chi connectivity index (χ3n) is 6.23. The van der Waals surface area contributed by atoms with E-state index in [0.717, 1.165) is 16.5 Å². The first-order chi connectivity index (χ1) is 16.9. The van der Waals surface area contributed by atoms with Crippen molar-refractivity contribution in [1.82, 2.24) is 20.5 Å². The number of para-hydroxylation sites is 1. The number of ketones is 1. The van der Waals surface area contributed by atoms with Crippen LogP contribution >= 0.6 is 0 Å². The van der Waals surface area contributed by atoms with Crippen molar-refractivity contribution in [3.05, 3.63) is 78.0 Å². The lowest BCUT2D eigenvalue weighted by molar-refractivity contribution is -0.131. The predicted octanol–water partition coefficient (Wildman–Crippen LogP) is 3.34. The van der Waals surface area contributed by atoms with Gasteiger partial charge in [0.05, 0.1) is 18.1 Å². The number of hydrogen-bond acceptors (Lipinski definition) is 5. The number of aromatic nitrogens is 1. The van der Waals surface area contributed by atoms with Gasteiger partial charge in [0.15, 0.2) is 5.78 Å². The number of benzene rings is 2. The van der Waals surface area contributed by atoms with Gasteiger partial charge in [-0.1, -0.05) is 68.4 Å². The Kier molecular flexibility index (Phi) is 7.87. The van der Waals surface area contributed by atoms with Crippen LogP contribution in [0.15, 0.2) is 66.7 Å². The molecular weight excluding hydrogens is 440 g/mol. The van der Waals surface area contributed by atoms with Crippen molar-refractivity contribution in [2.45, 2.75) is 45.3 Å². The number of pyridine rings is 1. The summed E-state index contributed by atoms with van der Waals surface area (Å²) >= 11 is 0. The molecule has 0 spiro atoms. The Morgan fingerprint density at radius 2 is 1.77 bits per heavy atom. The highest BCUT2D eigenvalue weighted by molar-refractivity contribution is 5.99. The van der Waals surface area contributed by atoms with Gasteiger partial charge < -0.3 is 10.6 Å². The van der Waals surface area contributed by atoms with Gasteiger partial charge in [-0.15, -0.1) is 0 Å². The molecule has 7 nitrogen and oxygen atoms in total. The highest BCUT2D eigenvalue weighted by atomic mass is 16.2. The van der Waals surface area contributed by atoms with E-state index in [-0.39, 0.29) is 23.3 Å². The van der Waals surface area contributed by atoms with Crippen LogP contribution in [0.25, 0.3) is 10.9 Å². The molecule has 7 heteroatoms. The molecule has 2 amide bonds. The smallest absolute Gasteiger partial charge is 0.270 e. The van der Waals surface area contributed by atoms with Crippen LogP contribution in [0.5, 0.6) is 0 Å². The molecule has 0 aliphatic carbocycles. The lowest BCUT2D eigenvalue weighted by Gasteiger charge is -2.32. The summed E-state index contributed by atoms with van der Waals surface area (Å²) < 4.78 is 0. The van der Waals surface area contributed by atoms with Crippen molar-refractivity contribution in [2.24, 2.45) is 5.92 Å². The van der Waals surface area contributed by atoms with E-state index in [1.165, 1.54) is 0 Å². The maximum absolute atomic E-state index is 13.1. The number of piperidine rings is 1. The SMILES string of the molecule is CC(C)C[C@H](NC(=O)c1ccc2ccccc2n1)C(=O)NC1CCN(Cc2ccccc2)CC1=O. The van der Waals surface area contributed by atoms with Crippen LogP contribution in [0.4, 0.5) is 0 Å². The van der Waals surface area contributed by atoms with Crippen molar-refractivity contribution in [2.75, 3.05) is 13.1 Å². The average molecular weight is 473 g/mol. The Bertz CT molecular complexity index is 1200. The van der Waals surface area contributed by atoms with Gasteiger partial charge in [0, 0.05) is 18.5 Å². The van der Waals surface area contributed by atoms with E-state index in [1.807, 2.05) is 74.5 Å². The van der Waals surface area contributed by atoms with Crippen molar-refractivity contribution >= 4 is 28.5 Å². The molecule has 35 heavy (non-hydrogen) atoms. The summed E-state index contributed by atoms with van der Waals surface area (Å²) in [5, 5.41) is 6.68. The van der Waals surface area contributed by atoms with Crippen LogP contribution in [0, 0.1) is 5.92 Å². The predicted molar refractivity (Wildman–Crippen MR) is 136 cm³/mol. The quantitative estimate of drug-likeness (QED) is 0.525. The number of likely N-dealkylation sites (tertiary alicyclic amines) is 1. The maximum Gasteiger partial charge on any atom is 0.270 e. The first kappa shape index (κ1) is 24.5. The largest absolute Gasteiger partial charge is 0.344 e. The molecule has 0 saturated carbocycles. The highest BCUT2D eigenvalue weighted by Gasteiger charge is 2.31. The molecule has 1 aromatic heterocycles. The summed E-state index contributed by atoms with van der Waals surface area (Å²) in [7, 11) is 0. The number of nitrogens with zero attached hydrogens (tertiary/aromatic N) is 2. The Balaban J connectivity index is 1.37. The summed E-state index contributed by atoms with van der Waals surface area (Å²) in [6.45, 7) is 5.70. The van der Waals surface area contributed by atoms with Gasteiger partial charge in [0.1, 0.15) is 11.7 Å². The molecule has 0 radical (unpaired) electrons. The first-order valence-electron chi connectivity index (χ1n) is 12.1. The summed E-state index contributed by atoms with van der Waals surface area (Å²) in [5.41, 5.74) is 2.14. The molecule has 1 aliphatic rings. The minimum atomic E-state index is -0.745. The Morgan fingerprint density at radius 1 is 1.03 bits per heavy atom.